The minimum Gasteiger partial charge on any atom is -0.396 e. The van der Waals surface area contributed by atoms with E-state index in [4.69, 9.17) is 5.11 Å². The third-order valence-electron chi connectivity index (χ3n) is 2.49. The van der Waals surface area contributed by atoms with E-state index in [9.17, 15) is 8.42 Å². The highest BCUT2D eigenvalue weighted by Crippen LogP contribution is 2.14. The zero-order valence-corrected chi connectivity index (χ0v) is 11.9. The van der Waals surface area contributed by atoms with Crippen LogP contribution < -0.4 is 0 Å². The van der Waals surface area contributed by atoms with Crippen molar-refractivity contribution >= 4 is 10.0 Å². The van der Waals surface area contributed by atoms with E-state index in [0.29, 0.717) is 19.5 Å². The fraction of sp³-hybridized carbons (Fsp3) is 0.727. The SMILES string of the molecule is CC(C)CN(C)S(=O)(=O)c1cnn(CCCO)c1. The molecule has 0 saturated heterocycles. The molecule has 6 nitrogen and oxygen atoms in total. The quantitative estimate of drug-likeness (QED) is 0.788. The molecule has 0 unspecified atom stereocenters. The average molecular weight is 275 g/mol. The molecule has 1 N–H and O–H groups in total. The van der Waals surface area contributed by atoms with E-state index in [1.807, 2.05) is 13.8 Å². The van der Waals surface area contributed by atoms with Crippen LogP contribution in [0.15, 0.2) is 17.3 Å². The lowest BCUT2D eigenvalue weighted by Gasteiger charge is -2.17. The third kappa shape index (κ3) is 3.79. The lowest BCUT2D eigenvalue weighted by atomic mass is 10.2. The van der Waals surface area contributed by atoms with Crippen LogP contribution in [-0.2, 0) is 16.6 Å². The number of nitrogens with zero attached hydrogens (tertiary/aromatic N) is 3. The third-order valence-corrected chi connectivity index (χ3v) is 4.26. The van der Waals surface area contributed by atoms with E-state index in [0.717, 1.165) is 0 Å². The Morgan fingerprint density at radius 3 is 2.72 bits per heavy atom. The maximum atomic E-state index is 12.2. The van der Waals surface area contributed by atoms with Crippen LogP contribution in [0.1, 0.15) is 20.3 Å². The molecule has 0 aromatic carbocycles. The van der Waals surface area contributed by atoms with Crippen molar-refractivity contribution in [1.82, 2.24) is 14.1 Å². The van der Waals surface area contributed by atoms with Crippen LogP contribution in [-0.4, -0.2) is 47.8 Å². The van der Waals surface area contributed by atoms with Gasteiger partial charge in [-0.1, -0.05) is 13.8 Å². The Labute approximate surface area is 108 Å². The molecule has 104 valence electrons. The van der Waals surface area contributed by atoms with E-state index in [2.05, 4.69) is 5.10 Å². The summed E-state index contributed by atoms with van der Waals surface area (Å²) < 4.78 is 27.2. The molecule has 0 spiro atoms. The van der Waals surface area contributed by atoms with Crippen molar-refractivity contribution in [2.45, 2.75) is 31.7 Å². The fourth-order valence-corrected chi connectivity index (χ4v) is 2.91. The highest BCUT2D eigenvalue weighted by molar-refractivity contribution is 7.89. The van der Waals surface area contributed by atoms with Gasteiger partial charge in [0.25, 0.3) is 0 Å². The monoisotopic (exact) mass is 275 g/mol. The zero-order valence-electron chi connectivity index (χ0n) is 11.1. The second kappa shape index (κ2) is 6.31. The highest BCUT2D eigenvalue weighted by Gasteiger charge is 2.22. The van der Waals surface area contributed by atoms with Crippen molar-refractivity contribution in [3.8, 4) is 0 Å². The van der Waals surface area contributed by atoms with Gasteiger partial charge in [0.2, 0.25) is 10.0 Å². The smallest absolute Gasteiger partial charge is 0.245 e. The van der Waals surface area contributed by atoms with Crippen molar-refractivity contribution in [3.05, 3.63) is 12.4 Å². The summed E-state index contributed by atoms with van der Waals surface area (Å²) in [6.45, 7) is 4.99. The minimum atomic E-state index is -3.45. The van der Waals surface area contributed by atoms with Crippen LogP contribution in [0.25, 0.3) is 0 Å². The van der Waals surface area contributed by atoms with Gasteiger partial charge in [0.1, 0.15) is 4.90 Å². The largest absolute Gasteiger partial charge is 0.396 e. The van der Waals surface area contributed by atoms with Crippen molar-refractivity contribution < 1.29 is 13.5 Å². The Balaban J connectivity index is 2.81. The van der Waals surface area contributed by atoms with Crippen molar-refractivity contribution in [2.75, 3.05) is 20.2 Å². The second-order valence-electron chi connectivity index (χ2n) is 4.70. The van der Waals surface area contributed by atoms with E-state index in [1.165, 1.54) is 21.4 Å². The molecule has 0 atom stereocenters. The molecule has 0 amide bonds. The van der Waals surface area contributed by atoms with Crippen LogP contribution in [0.3, 0.4) is 0 Å². The first-order valence-corrected chi connectivity index (χ1v) is 7.41. The highest BCUT2D eigenvalue weighted by atomic mass is 32.2. The van der Waals surface area contributed by atoms with Crippen molar-refractivity contribution in [3.63, 3.8) is 0 Å². The van der Waals surface area contributed by atoms with E-state index >= 15 is 0 Å². The minimum absolute atomic E-state index is 0.0647. The van der Waals surface area contributed by atoms with Gasteiger partial charge in [0.15, 0.2) is 0 Å². The Bertz CT molecular complexity index is 468. The van der Waals surface area contributed by atoms with E-state index < -0.39 is 10.0 Å². The van der Waals surface area contributed by atoms with E-state index in [1.54, 1.807) is 7.05 Å². The number of hydrogen-bond acceptors (Lipinski definition) is 4. The molecule has 1 aromatic heterocycles. The summed E-state index contributed by atoms with van der Waals surface area (Å²) in [4.78, 5) is 0.198. The van der Waals surface area contributed by atoms with Gasteiger partial charge in [-0.25, -0.2) is 12.7 Å². The molecule has 1 aromatic rings. The lowest BCUT2D eigenvalue weighted by Crippen LogP contribution is -2.30. The lowest BCUT2D eigenvalue weighted by molar-refractivity contribution is 0.277. The first-order chi connectivity index (χ1) is 8.37. The second-order valence-corrected chi connectivity index (χ2v) is 6.74. The maximum Gasteiger partial charge on any atom is 0.245 e. The van der Waals surface area contributed by atoms with E-state index in [-0.39, 0.29) is 17.4 Å². The molecule has 7 heteroatoms. The topological polar surface area (TPSA) is 75.4 Å². The Kier molecular flexibility index (Phi) is 5.30. The number of aryl methyl sites for hydroxylation is 1. The molecule has 0 bridgehead atoms. The summed E-state index contributed by atoms with van der Waals surface area (Å²) in [6.07, 6.45) is 3.41. The van der Waals surface area contributed by atoms with Crippen LogP contribution in [0, 0.1) is 5.92 Å². The molecule has 1 rings (SSSR count). The Hall–Kier alpha value is -0.920. The summed E-state index contributed by atoms with van der Waals surface area (Å²) in [6, 6.07) is 0. The molecule has 0 aliphatic heterocycles. The number of hydrogen-bond donors (Lipinski definition) is 1. The molecule has 0 saturated carbocycles. The number of rotatable bonds is 7. The standard InChI is InChI=1S/C11H21N3O3S/c1-10(2)8-13(3)18(16,17)11-7-12-14(9-11)5-4-6-15/h7,9-10,15H,4-6,8H2,1-3H3. The number of aliphatic hydroxyl groups excluding tert-OH is 1. The molecular weight excluding hydrogens is 254 g/mol. The van der Waals surface area contributed by atoms with Crippen molar-refractivity contribution in [1.29, 1.82) is 0 Å². The van der Waals surface area contributed by atoms with Gasteiger partial charge in [-0.3, -0.25) is 4.68 Å². The molecule has 0 aliphatic carbocycles. The van der Waals surface area contributed by atoms with Gasteiger partial charge in [-0.05, 0) is 12.3 Å². The molecule has 0 aliphatic rings. The fourth-order valence-electron chi connectivity index (χ4n) is 1.63. The van der Waals surface area contributed by atoms with Gasteiger partial charge >= 0.3 is 0 Å². The molecular formula is C11H21N3O3S. The Morgan fingerprint density at radius 1 is 1.50 bits per heavy atom. The van der Waals surface area contributed by atoms with Crippen LogP contribution >= 0.6 is 0 Å². The van der Waals surface area contributed by atoms with Gasteiger partial charge in [-0.2, -0.15) is 5.10 Å². The zero-order chi connectivity index (χ0) is 13.8. The summed E-state index contributed by atoms with van der Waals surface area (Å²) in [5, 5.41) is 12.7. The summed E-state index contributed by atoms with van der Waals surface area (Å²) in [5.74, 6) is 0.272. The molecule has 18 heavy (non-hydrogen) atoms. The number of sulfonamides is 1. The first kappa shape index (κ1) is 15.1. The van der Waals surface area contributed by atoms with Crippen LogP contribution in [0.2, 0.25) is 0 Å². The van der Waals surface area contributed by atoms with Crippen molar-refractivity contribution in [2.24, 2.45) is 5.92 Å². The first-order valence-electron chi connectivity index (χ1n) is 5.97. The molecule has 0 fully saturated rings. The normalized spacial score (nSPS) is 12.6. The van der Waals surface area contributed by atoms with Crippen LogP contribution in [0.4, 0.5) is 0 Å². The summed E-state index contributed by atoms with van der Waals surface area (Å²) >= 11 is 0. The van der Waals surface area contributed by atoms with Crippen LogP contribution in [0.5, 0.6) is 0 Å². The predicted molar refractivity (Wildman–Crippen MR) is 68.6 cm³/mol. The van der Waals surface area contributed by atoms with Gasteiger partial charge < -0.3 is 5.11 Å². The van der Waals surface area contributed by atoms with Gasteiger partial charge in [0, 0.05) is 32.9 Å². The van der Waals surface area contributed by atoms with Gasteiger partial charge in [0.05, 0.1) is 6.20 Å². The molecule has 0 radical (unpaired) electrons. The Morgan fingerprint density at radius 2 is 2.17 bits per heavy atom. The average Bonchev–Trinajstić information content (AvgIpc) is 2.74. The van der Waals surface area contributed by atoms with Gasteiger partial charge in [-0.15, -0.1) is 0 Å². The number of aromatic nitrogens is 2. The maximum absolute atomic E-state index is 12.2. The number of aliphatic hydroxyl groups is 1. The summed E-state index contributed by atoms with van der Waals surface area (Å²) in [5.41, 5.74) is 0. The molecule has 1 heterocycles. The predicted octanol–water partition coefficient (Wildman–Crippen LogP) is 0.542. The summed E-state index contributed by atoms with van der Waals surface area (Å²) in [7, 11) is -1.88.